The van der Waals surface area contributed by atoms with Gasteiger partial charge in [-0.25, -0.2) is 0 Å². The van der Waals surface area contributed by atoms with E-state index >= 15 is 0 Å². The second kappa shape index (κ2) is 30.1. The van der Waals surface area contributed by atoms with Crippen LogP contribution in [0.1, 0.15) is 170 Å². The first kappa shape index (κ1) is 65.1. The molecule has 2 aliphatic carbocycles. The Balaban J connectivity index is 0.000000383. The van der Waals surface area contributed by atoms with Crippen molar-refractivity contribution >= 4 is 34.3 Å². The van der Waals surface area contributed by atoms with Crippen molar-refractivity contribution in [2.75, 3.05) is 6.61 Å². The number of carbonyl (C=O) groups is 3. The number of aromatic nitrogens is 2. The average Bonchev–Trinajstić information content (AvgIpc) is 4.10. The van der Waals surface area contributed by atoms with E-state index in [0.717, 1.165) is 27.8 Å². The third kappa shape index (κ3) is 18.8. The number of carboxylic acids is 1. The van der Waals surface area contributed by atoms with Crippen molar-refractivity contribution in [1.29, 1.82) is 0 Å². The SMILES string of the molecule is CC1(C)CCC(C)(C)c2cc(CBr)ccc21.CC1(C)CCC(C)(C)c2cc(COc3ccc([C@H](CC(=O)O)c4ccon4)cc3)ccc21.CCOC(=O)C[C@@H](c1ccc(O)cc1)c1ccon1.O=CO[O-].[Cs+].[Cs+].[H-]. The zero-order chi connectivity index (χ0) is 52.0. The quantitative estimate of drug-likeness (QED) is 0.0415. The van der Waals surface area contributed by atoms with Crippen molar-refractivity contribution in [2.24, 2.45) is 0 Å². The topological polar surface area (TPSA) is 194 Å². The Morgan fingerprint density at radius 2 is 1.11 bits per heavy atom. The number of aliphatic carboxylic acids is 1. The van der Waals surface area contributed by atoms with Crippen LogP contribution in [0.5, 0.6) is 11.5 Å². The van der Waals surface area contributed by atoms with E-state index in [1.807, 2.05) is 24.3 Å². The van der Waals surface area contributed by atoms with Gasteiger partial charge in [-0.15, -0.1) is 0 Å². The maximum Gasteiger partial charge on any atom is 1.00 e. The molecule has 0 saturated carbocycles. The molecule has 0 radical (unpaired) electrons. The standard InChI is InChI=1S/C27H31NO4.C15H21Br.C14H15NO4.CH2O3.2Cs.H/c1-26(2)12-13-27(3,4)23-15-18(5-10-22(23)26)17-31-20-8-6-19(7-9-20)21(16-25(29)30)24-11-14-32-28-24;1-14(2)7-8-15(3,4)13-9-11(10-16)5-6-12(13)14;1-2-18-14(17)9-12(13-7-8-19-15-13)10-3-5-11(16)6-4-10;2-1-4-3;;;/h5-11,14-15,21H,12-13,16-17H2,1-4H3,(H,29,30);5-6,9H,7-8,10H2,1-4H3;3-8,12,16H,2,9H2,1H3;1,3H;;;/q;;;;2*+1;-1/p-1/t21-;;12-;;;;/m0.0..../s1. The van der Waals surface area contributed by atoms with Gasteiger partial charge in [0.15, 0.2) is 0 Å². The number of rotatable bonds is 14. The second-order valence-corrected chi connectivity index (χ2v) is 21.2. The number of carbonyl (C=O) groups excluding carboxylic acids is 2. The van der Waals surface area contributed by atoms with Crippen LogP contribution in [-0.4, -0.2) is 45.5 Å². The van der Waals surface area contributed by atoms with Gasteiger partial charge in [-0.3, -0.25) is 14.4 Å². The van der Waals surface area contributed by atoms with Crippen LogP contribution in [0.25, 0.3) is 0 Å². The minimum Gasteiger partial charge on any atom is -1.00 e. The van der Waals surface area contributed by atoms with E-state index in [2.05, 4.69) is 123 Å². The number of alkyl halides is 1. The Kier molecular flexibility index (Phi) is 26.9. The van der Waals surface area contributed by atoms with E-state index in [0.29, 0.717) is 35.4 Å². The van der Waals surface area contributed by atoms with Gasteiger partial charge in [0, 0.05) is 29.3 Å². The largest absolute Gasteiger partial charge is 1.00 e. The molecule has 6 aromatic rings. The monoisotopic (exact) mass is 1300 g/mol. The van der Waals surface area contributed by atoms with Crippen LogP contribution in [0.2, 0.25) is 0 Å². The summed E-state index contributed by atoms with van der Waals surface area (Å²) in [6, 6.07) is 31.4. The van der Waals surface area contributed by atoms with Crippen molar-refractivity contribution in [2.45, 2.75) is 146 Å². The molecule has 0 aliphatic heterocycles. The zero-order valence-electron chi connectivity index (χ0n) is 45.3. The summed E-state index contributed by atoms with van der Waals surface area (Å²) in [5.74, 6) is -0.829. The first-order valence-electron chi connectivity index (χ1n) is 23.9. The average molecular weight is 1300 g/mol. The summed E-state index contributed by atoms with van der Waals surface area (Å²) in [5, 5.41) is 35.8. The first-order chi connectivity index (χ1) is 33.6. The molecule has 0 fully saturated rings. The Hall–Kier alpha value is -2.15. The summed E-state index contributed by atoms with van der Waals surface area (Å²) < 4.78 is 20.8. The van der Waals surface area contributed by atoms with Gasteiger partial charge in [-0.1, -0.05) is 142 Å². The molecular formula is C57H69BrCs2N2O11. The van der Waals surface area contributed by atoms with Crippen LogP contribution >= 0.6 is 15.9 Å². The number of phenolic OH excluding ortho intramolecular Hbond substituents is 1. The molecule has 16 heteroatoms. The third-order valence-electron chi connectivity index (χ3n) is 13.7. The molecule has 0 bridgehead atoms. The molecule has 2 aliphatic rings. The van der Waals surface area contributed by atoms with E-state index in [1.165, 1.54) is 54.9 Å². The van der Waals surface area contributed by atoms with Gasteiger partial charge in [0.05, 0.1) is 30.8 Å². The minimum atomic E-state index is -0.878. The minimum absolute atomic E-state index is 0. The fraction of sp³-hybridized carbons (Fsp3) is 0.421. The van der Waals surface area contributed by atoms with Crippen molar-refractivity contribution in [3.63, 3.8) is 0 Å². The molecule has 2 atom stereocenters. The van der Waals surface area contributed by atoms with E-state index in [-0.39, 0.29) is 193 Å². The fourth-order valence-electron chi connectivity index (χ4n) is 9.27. The van der Waals surface area contributed by atoms with Gasteiger partial charge < -0.3 is 40.3 Å². The van der Waals surface area contributed by atoms with Gasteiger partial charge in [-0.2, -0.15) is 0 Å². The molecule has 13 nitrogen and oxygen atoms in total. The molecular weight excluding hydrogens is 1230 g/mol. The van der Waals surface area contributed by atoms with Gasteiger partial charge in [0.2, 0.25) is 0 Å². The molecule has 73 heavy (non-hydrogen) atoms. The van der Waals surface area contributed by atoms with Crippen molar-refractivity contribution in [1.82, 2.24) is 10.3 Å². The number of hydrogen-bond donors (Lipinski definition) is 2. The van der Waals surface area contributed by atoms with Crippen molar-refractivity contribution in [3.8, 4) is 11.5 Å². The number of halogens is 1. The molecule has 0 saturated heterocycles. The summed E-state index contributed by atoms with van der Waals surface area (Å²) in [6.45, 7) is 21.2. The number of nitrogens with zero attached hydrogens (tertiary/aromatic N) is 2. The molecule has 382 valence electrons. The van der Waals surface area contributed by atoms with Gasteiger partial charge in [0.25, 0.3) is 6.47 Å². The number of fused-ring (bicyclic) bond motifs is 2. The Labute approximate surface area is 558 Å². The number of carboxylic acid groups (broad SMARTS) is 1. The number of ether oxygens (including phenoxy) is 2. The van der Waals surface area contributed by atoms with Gasteiger partial charge in [0.1, 0.15) is 30.6 Å². The maximum absolute atomic E-state index is 11.7. The van der Waals surface area contributed by atoms with E-state index in [4.69, 9.17) is 28.6 Å². The van der Waals surface area contributed by atoms with Gasteiger partial charge in [-0.05, 0) is 123 Å². The molecule has 8 rings (SSSR count). The predicted octanol–water partition coefficient (Wildman–Crippen LogP) is 6.16. The third-order valence-corrected chi connectivity index (χ3v) is 14.3. The summed E-state index contributed by atoms with van der Waals surface area (Å²) in [4.78, 5) is 34.2. The van der Waals surface area contributed by atoms with Crippen molar-refractivity contribution < 1.29 is 192 Å². The molecule has 4 aromatic carbocycles. The number of benzene rings is 4. The molecule has 0 amide bonds. The molecule has 2 aromatic heterocycles. The number of phenols is 1. The number of hydrogen-bond acceptors (Lipinski definition) is 12. The second-order valence-electron chi connectivity index (χ2n) is 20.6. The number of aromatic hydroxyl groups is 1. The molecule has 0 spiro atoms. The summed E-state index contributed by atoms with van der Waals surface area (Å²) in [7, 11) is 0. The van der Waals surface area contributed by atoms with Crippen LogP contribution < -0.4 is 148 Å². The van der Waals surface area contributed by atoms with Crippen LogP contribution in [-0.2, 0) is 57.6 Å². The molecule has 2 N–H and O–H groups in total. The van der Waals surface area contributed by atoms with E-state index in [1.54, 1.807) is 54.4 Å². The van der Waals surface area contributed by atoms with Crippen LogP contribution in [0, 0.1) is 0 Å². The van der Waals surface area contributed by atoms with Crippen LogP contribution in [0.15, 0.2) is 119 Å². The zero-order valence-corrected chi connectivity index (χ0v) is 58.5. The smallest absolute Gasteiger partial charge is 1.00 e. The number of esters is 1. The summed E-state index contributed by atoms with van der Waals surface area (Å²) >= 11 is 3.55. The molecule has 0 unspecified atom stereocenters. The molecule has 2 heterocycles. The normalized spacial score (nSPS) is 15.8. The maximum atomic E-state index is 11.7. The first-order valence-corrected chi connectivity index (χ1v) is 25.0. The van der Waals surface area contributed by atoms with Crippen molar-refractivity contribution in [3.05, 3.63) is 165 Å². The Bertz CT molecular complexity index is 2640. The summed E-state index contributed by atoms with van der Waals surface area (Å²) in [6.07, 6.45) is 8.03. The van der Waals surface area contributed by atoms with E-state index < -0.39 is 5.97 Å². The fourth-order valence-corrected chi connectivity index (χ4v) is 9.61. The van der Waals surface area contributed by atoms with E-state index in [9.17, 15) is 19.8 Å². The summed E-state index contributed by atoms with van der Waals surface area (Å²) in [5.41, 5.74) is 12.6. The Morgan fingerprint density at radius 1 is 0.685 bits per heavy atom. The van der Waals surface area contributed by atoms with Crippen LogP contribution in [0.3, 0.4) is 0 Å². The van der Waals surface area contributed by atoms with Gasteiger partial charge >= 0.3 is 150 Å². The van der Waals surface area contributed by atoms with Crippen LogP contribution in [0.4, 0.5) is 0 Å². The predicted molar refractivity (Wildman–Crippen MR) is 273 cm³/mol. The Morgan fingerprint density at radius 3 is 1.52 bits per heavy atom.